The van der Waals surface area contributed by atoms with Crippen LogP contribution in [-0.4, -0.2) is 9.85 Å². The lowest BCUT2D eigenvalue weighted by Crippen LogP contribution is -2.06. The van der Waals surface area contributed by atoms with Crippen molar-refractivity contribution in [3.8, 4) is 0 Å². The second-order valence-corrected chi connectivity index (χ2v) is 7.38. The first kappa shape index (κ1) is 21.5. The van der Waals surface area contributed by atoms with Crippen molar-refractivity contribution in [3.05, 3.63) is 115 Å². The van der Waals surface area contributed by atoms with Gasteiger partial charge in [-0.3, -0.25) is 20.2 Å². The number of alkyl halides is 2. The van der Waals surface area contributed by atoms with Gasteiger partial charge in [-0.25, -0.2) is 0 Å². The lowest BCUT2D eigenvalue weighted by molar-refractivity contribution is -0.394. The molecule has 0 aromatic heterocycles. The Balaban J connectivity index is 2.10. The van der Waals surface area contributed by atoms with Crippen LogP contribution in [0.5, 0.6) is 0 Å². The quantitative estimate of drug-likeness (QED) is 0.171. The minimum atomic E-state index is -0.973. The summed E-state index contributed by atoms with van der Waals surface area (Å²) in [6.45, 7) is 0. The average molecular weight is 443 g/mol. The third kappa shape index (κ3) is 4.84. The minimum Gasteiger partial charge on any atom is -0.258 e. The highest BCUT2D eigenvalue weighted by atomic mass is 35.5. The maximum Gasteiger partial charge on any atom is 0.283 e. The first-order valence-electron chi connectivity index (χ1n) is 8.91. The smallest absolute Gasteiger partial charge is 0.258 e. The van der Waals surface area contributed by atoms with Crippen molar-refractivity contribution in [2.45, 2.75) is 10.8 Å². The summed E-state index contributed by atoms with van der Waals surface area (Å²) in [5, 5.41) is 21.4. The van der Waals surface area contributed by atoms with Gasteiger partial charge in [0.25, 0.3) is 11.4 Å². The standard InChI is InChI=1S/C22H16Cl2N2O4/c23-21(16-9-5-2-6-10-16)22(24)18-13-17(12-11-15-7-3-1-4-8-15)19(25(27)28)14-20(18)26(29)30/h1-14,21-22H/b12-11-/t21-,22+/m1/s1. The Kier molecular flexibility index (Phi) is 6.82. The Labute approximate surface area is 182 Å². The van der Waals surface area contributed by atoms with Crippen LogP contribution in [0.15, 0.2) is 72.8 Å². The number of nitrogens with zero attached hydrogens (tertiary/aromatic N) is 2. The number of hydrogen-bond donors (Lipinski definition) is 0. The lowest BCUT2D eigenvalue weighted by atomic mass is 9.98. The van der Waals surface area contributed by atoms with Crippen LogP contribution in [0.1, 0.15) is 33.0 Å². The van der Waals surface area contributed by atoms with E-state index in [9.17, 15) is 20.2 Å². The highest BCUT2D eigenvalue weighted by Crippen LogP contribution is 2.44. The molecule has 0 radical (unpaired) electrons. The fourth-order valence-electron chi connectivity index (χ4n) is 3.00. The molecular formula is C22H16Cl2N2O4. The van der Waals surface area contributed by atoms with Gasteiger partial charge in [0.05, 0.1) is 37.8 Å². The molecule has 0 aliphatic carbocycles. The van der Waals surface area contributed by atoms with Gasteiger partial charge in [-0.15, -0.1) is 23.2 Å². The zero-order chi connectivity index (χ0) is 21.7. The number of hydrogen-bond acceptors (Lipinski definition) is 4. The van der Waals surface area contributed by atoms with Gasteiger partial charge in [-0.2, -0.15) is 0 Å². The number of nitro groups is 2. The van der Waals surface area contributed by atoms with Gasteiger partial charge in [-0.05, 0) is 23.3 Å². The van der Waals surface area contributed by atoms with E-state index in [0.29, 0.717) is 5.56 Å². The normalized spacial score (nSPS) is 13.1. The molecule has 3 rings (SSSR count). The van der Waals surface area contributed by atoms with Gasteiger partial charge in [0.1, 0.15) is 0 Å². The van der Waals surface area contributed by atoms with E-state index in [1.54, 1.807) is 30.3 Å². The third-order valence-electron chi connectivity index (χ3n) is 4.50. The van der Waals surface area contributed by atoms with Gasteiger partial charge < -0.3 is 0 Å². The summed E-state index contributed by atoms with van der Waals surface area (Å²) in [7, 11) is 0. The van der Waals surface area contributed by atoms with Crippen LogP contribution < -0.4 is 0 Å². The molecular weight excluding hydrogens is 427 g/mol. The predicted octanol–water partition coefficient (Wildman–Crippen LogP) is 6.93. The maximum atomic E-state index is 11.6. The Bertz CT molecular complexity index is 1090. The SMILES string of the molecule is O=[N+]([O-])c1cc([N+](=O)[O-])c([C@H](Cl)[C@H](Cl)c2ccccc2)cc1/C=C\c1ccccc1. The van der Waals surface area contributed by atoms with E-state index in [0.717, 1.165) is 11.6 Å². The molecule has 0 spiro atoms. The highest BCUT2D eigenvalue weighted by molar-refractivity contribution is 6.30. The summed E-state index contributed by atoms with van der Waals surface area (Å²) in [6.07, 6.45) is 3.23. The second-order valence-electron chi connectivity index (χ2n) is 6.44. The monoisotopic (exact) mass is 442 g/mol. The fourth-order valence-corrected chi connectivity index (χ4v) is 3.60. The van der Waals surface area contributed by atoms with Gasteiger partial charge >= 0.3 is 0 Å². The molecule has 30 heavy (non-hydrogen) atoms. The van der Waals surface area contributed by atoms with Crippen molar-refractivity contribution in [1.82, 2.24) is 0 Å². The molecule has 152 valence electrons. The van der Waals surface area contributed by atoms with Gasteiger partial charge in [0.2, 0.25) is 0 Å². The number of halogens is 2. The summed E-state index contributed by atoms with van der Waals surface area (Å²) >= 11 is 13.0. The van der Waals surface area contributed by atoms with Crippen LogP contribution in [0.2, 0.25) is 0 Å². The largest absolute Gasteiger partial charge is 0.283 e. The van der Waals surface area contributed by atoms with Crippen molar-refractivity contribution in [1.29, 1.82) is 0 Å². The van der Waals surface area contributed by atoms with E-state index >= 15 is 0 Å². The van der Waals surface area contributed by atoms with Crippen molar-refractivity contribution in [2.24, 2.45) is 0 Å². The maximum absolute atomic E-state index is 11.6. The minimum absolute atomic E-state index is 0.115. The fraction of sp³-hybridized carbons (Fsp3) is 0.0909. The predicted molar refractivity (Wildman–Crippen MR) is 119 cm³/mol. The molecule has 0 bridgehead atoms. The molecule has 0 fully saturated rings. The summed E-state index contributed by atoms with van der Waals surface area (Å²) in [4.78, 5) is 21.8. The molecule has 0 unspecified atom stereocenters. The van der Waals surface area contributed by atoms with Crippen LogP contribution in [0, 0.1) is 20.2 Å². The molecule has 0 saturated heterocycles. The zero-order valence-electron chi connectivity index (χ0n) is 15.5. The van der Waals surface area contributed by atoms with E-state index in [1.165, 1.54) is 12.1 Å². The summed E-state index contributed by atoms with van der Waals surface area (Å²) in [6, 6.07) is 20.4. The van der Waals surface area contributed by atoms with E-state index in [2.05, 4.69) is 0 Å². The molecule has 0 aliphatic rings. The van der Waals surface area contributed by atoms with Gasteiger partial charge in [0.15, 0.2) is 0 Å². The van der Waals surface area contributed by atoms with Crippen LogP contribution in [0.4, 0.5) is 11.4 Å². The molecule has 3 aromatic carbocycles. The van der Waals surface area contributed by atoms with Crippen LogP contribution in [0.3, 0.4) is 0 Å². The molecule has 8 heteroatoms. The van der Waals surface area contributed by atoms with Crippen molar-refractivity contribution in [3.63, 3.8) is 0 Å². The summed E-state index contributed by atoms with van der Waals surface area (Å²) < 4.78 is 0. The summed E-state index contributed by atoms with van der Waals surface area (Å²) in [5.41, 5.74) is 1.00. The molecule has 2 atom stereocenters. The van der Waals surface area contributed by atoms with Crippen LogP contribution in [-0.2, 0) is 0 Å². The Morgan fingerprint density at radius 2 is 1.30 bits per heavy atom. The Morgan fingerprint density at radius 1 is 0.733 bits per heavy atom. The van der Waals surface area contributed by atoms with Gasteiger partial charge in [0, 0.05) is 0 Å². The van der Waals surface area contributed by atoms with E-state index in [-0.39, 0.29) is 16.8 Å². The topological polar surface area (TPSA) is 86.3 Å². The Morgan fingerprint density at radius 3 is 1.87 bits per heavy atom. The third-order valence-corrected chi connectivity index (χ3v) is 5.62. The van der Waals surface area contributed by atoms with Crippen molar-refractivity contribution >= 4 is 46.7 Å². The molecule has 3 aromatic rings. The first-order valence-corrected chi connectivity index (χ1v) is 9.78. The van der Waals surface area contributed by atoms with E-state index in [1.807, 2.05) is 36.4 Å². The van der Waals surface area contributed by atoms with Crippen LogP contribution >= 0.6 is 23.2 Å². The van der Waals surface area contributed by atoms with E-state index in [4.69, 9.17) is 23.2 Å². The van der Waals surface area contributed by atoms with E-state index < -0.39 is 26.3 Å². The van der Waals surface area contributed by atoms with Crippen LogP contribution in [0.25, 0.3) is 12.2 Å². The molecule has 0 saturated carbocycles. The molecule has 0 N–H and O–H groups in total. The molecule has 0 heterocycles. The summed E-state index contributed by atoms with van der Waals surface area (Å²) in [5.74, 6) is 0. The number of benzene rings is 3. The average Bonchev–Trinajstić information content (AvgIpc) is 2.77. The number of nitro benzene ring substituents is 2. The first-order chi connectivity index (χ1) is 14.4. The lowest BCUT2D eigenvalue weighted by Gasteiger charge is -2.17. The zero-order valence-corrected chi connectivity index (χ0v) is 17.0. The highest BCUT2D eigenvalue weighted by Gasteiger charge is 2.31. The molecule has 0 aliphatic heterocycles. The molecule has 0 amide bonds. The second kappa shape index (κ2) is 9.52. The molecule has 6 nitrogen and oxygen atoms in total. The van der Waals surface area contributed by atoms with Crippen molar-refractivity contribution in [2.75, 3.05) is 0 Å². The Hall–Kier alpha value is -3.22. The number of rotatable bonds is 7. The van der Waals surface area contributed by atoms with Gasteiger partial charge in [-0.1, -0.05) is 66.7 Å². The van der Waals surface area contributed by atoms with Crippen molar-refractivity contribution < 1.29 is 9.85 Å².